The van der Waals surface area contributed by atoms with Crippen LogP contribution in [0.25, 0.3) is 0 Å². The molecule has 0 saturated heterocycles. The van der Waals surface area contributed by atoms with Crippen LogP contribution in [0.15, 0.2) is 58.8 Å². The molecule has 4 N–H and O–H groups in total. The lowest BCUT2D eigenvalue weighted by Gasteiger charge is -2.06. The van der Waals surface area contributed by atoms with E-state index >= 15 is 0 Å². The summed E-state index contributed by atoms with van der Waals surface area (Å²) in [5.41, 5.74) is 1.50. The second-order valence-electron chi connectivity index (χ2n) is 5.64. The van der Waals surface area contributed by atoms with Gasteiger partial charge in [0.15, 0.2) is 5.13 Å². The predicted molar refractivity (Wildman–Crippen MR) is 109 cm³/mol. The Bertz CT molecular complexity index is 1060. The van der Waals surface area contributed by atoms with Gasteiger partial charge < -0.3 is 15.4 Å². The van der Waals surface area contributed by atoms with Crippen molar-refractivity contribution >= 4 is 43.8 Å². The minimum atomic E-state index is -3.77. The molecule has 8 nitrogen and oxygen atoms in total. The molecule has 0 fully saturated rings. The number of hydrogen-bond donors (Lipinski definition) is 3. The summed E-state index contributed by atoms with van der Waals surface area (Å²) in [7, 11) is -3.77. The van der Waals surface area contributed by atoms with E-state index in [0.29, 0.717) is 17.4 Å². The Kier molecular flexibility index (Phi) is 5.93. The van der Waals surface area contributed by atoms with Gasteiger partial charge in [-0.25, -0.2) is 18.5 Å². The monoisotopic (exact) mass is 418 g/mol. The Morgan fingerprint density at radius 1 is 1.11 bits per heavy atom. The molecule has 1 aromatic heterocycles. The first-order chi connectivity index (χ1) is 13.3. The van der Waals surface area contributed by atoms with Crippen molar-refractivity contribution in [1.29, 1.82) is 0 Å². The van der Waals surface area contributed by atoms with Gasteiger partial charge in [0.05, 0.1) is 11.5 Å². The molecule has 0 aliphatic heterocycles. The topological polar surface area (TPSA) is 123 Å². The summed E-state index contributed by atoms with van der Waals surface area (Å²) in [5, 5.41) is 13.0. The highest BCUT2D eigenvalue weighted by atomic mass is 32.2. The third kappa shape index (κ3) is 5.06. The van der Waals surface area contributed by atoms with Crippen LogP contribution in [-0.2, 0) is 10.0 Å². The molecule has 0 unspecified atom stereocenters. The molecule has 0 spiro atoms. The maximum atomic E-state index is 12.3. The highest BCUT2D eigenvalue weighted by Gasteiger charge is 2.12. The number of ether oxygens (including phenoxy) is 1. The Morgan fingerprint density at radius 3 is 2.36 bits per heavy atom. The lowest BCUT2D eigenvalue weighted by atomic mass is 10.3. The number of carbonyl (C=O) groups is 1. The highest BCUT2D eigenvalue weighted by molar-refractivity contribution is 7.89. The molecule has 0 aliphatic carbocycles. The lowest BCUT2D eigenvalue weighted by Crippen LogP contribution is -2.14. The summed E-state index contributed by atoms with van der Waals surface area (Å²) in [6.45, 7) is 2.52. The van der Waals surface area contributed by atoms with Crippen LogP contribution >= 0.6 is 11.3 Å². The third-order valence-corrected chi connectivity index (χ3v) is 5.28. The number of primary sulfonamides is 1. The maximum absolute atomic E-state index is 12.3. The summed E-state index contributed by atoms with van der Waals surface area (Å²) < 4.78 is 27.9. The van der Waals surface area contributed by atoms with Crippen LogP contribution < -0.4 is 20.5 Å². The highest BCUT2D eigenvalue weighted by Crippen LogP contribution is 2.23. The molecule has 2 aromatic carbocycles. The molecular formula is C18H18N4O4S2. The van der Waals surface area contributed by atoms with Gasteiger partial charge in [-0.2, -0.15) is 0 Å². The SMILES string of the molecule is CCOc1ccc(Nc2nc(C(=O)Nc3ccc(S(N)(=O)=O)cc3)cs2)cc1. The lowest BCUT2D eigenvalue weighted by molar-refractivity contribution is 0.102. The molecule has 0 saturated carbocycles. The number of hydrogen-bond acceptors (Lipinski definition) is 7. The van der Waals surface area contributed by atoms with Crippen LogP contribution in [0.1, 0.15) is 17.4 Å². The van der Waals surface area contributed by atoms with E-state index in [9.17, 15) is 13.2 Å². The number of amides is 1. The van der Waals surface area contributed by atoms with Gasteiger partial charge in [-0.1, -0.05) is 0 Å². The zero-order valence-electron chi connectivity index (χ0n) is 14.9. The number of rotatable bonds is 7. The van der Waals surface area contributed by atoms with Crippen LogP contribution in [0, 0.1) is 0 Å². The minimum absolute atomic E-state index is 0.0269. The zero-order valence-corrected chi connectivity index (χ0v) is 16.5. The maximum Gasteiger partial charge on any atom is 0.275 e. The number of sulfonamides is 1. The Hall–Kier alpha value is -2.95. The van der Waals surface area contributed by atoms with Crippen LogP contribution in [0.4, 0.5) is 16.5 Å². The first kappa shape index (κ1) is 19.8. The molecule has 3 aromatic rings. The number of carbonyl (C=O) groups excluding carboxylic acids is 1. The fourth-order valence-electron chi connectivity index (χ4n) is 2.28. The summed E-state index contributed by atoms with van der Waals surface area (Å²) in [4.78, 5) is 16.6. The average Bonchev–Trinajstić information content (AvgIpc) is 3.12. The molecule has 10 heteroatoms. The van der Waals surface area contributed by atoms with Gasteiger partial charge >= 0.3 is 0 Å². The van der Waals surface area contributed by atoms with E-state index < -0.39 is 15.9 Å². The van der Waals surface area contributed by atoms with Gasteiger partial charge in [0.2, 0.25) is 10.0 Å². The van der Waals surface area contributed by atoms with E-state index in [2.05, 4.69) is 15.6 Å². The second kappa shape index (κ2) is 8.38. The van der Waals surface area contributed by atoms with E-state index in [-0.39, 0.29) is 10.6 Å². The van der Waals surface area contributed by atoms with Crippen molar-refractivity contribution in [3.05, 3.63) is 59.6 Å². The number of aromatic nitrogens is 1. The molecule has 1 heterocycles. The van der Waals surface area contributed by atoms with Gasteiger partial charge in [-0.05, 0) is 55.5 Å². The minimum Gasteiger partial charge on any atom is -0.494 e. The van der Waals surface area contributed by atoms with E-state index in [1.807, 2.05) is 31.2 Å². The smallest absolute Gasteiger partial charge is 0.275 e. The number of nitrogens with one attached hydrogen (secondary N) is 2. The predicted octanol–water partition coefficient (Wildman–Crippen LogP) is 3.19. The molecule has 0 atom stereocenters. The van der Waals surface area contributed by atoms with Gasteiger partial charge in [0.25, 0.3) is 5.91 Å². The number of thiazole rings is 1. The van der Waals surface area contributed by atoms with E-state index in [1.165, 1.54) is 35.6 Å². The normalized spacial score (nSPS) is 11.1. The first-order valence-corrected chi connectivity index (χ1v) is 10.7. The number of nitrogens with zero attached hydrogens (tertiary/aromatic N) is 1. The second-order valence-corrected chi connectivity index (χ2v) is 8.06. The summed E-state index contributed by atoms with van der Waals surface area (Å²) in [5.74, 6) is 0.375. The molecule has 1 amide bonds. The van der Waals surface area contributed by atoms with Crippen molar-refractivity contribution in [2.75, 3.05) is 17.2 Å². The van der Waals surface area contributed by atoms with Crippen molar-refractivity contribution < 1.29 is 17.9 Å². The largest absolute Gasteiger partial charge is 0.494 e. The Morgan fingerprint density at radius 2 is 1.75 bits per heavy atom. The van der Waals surface area contributed by atoms with E-state index in [1.54, 1.807) is 5.38 Å². The van der Waals surface area contributed by atoms with Crippen LogP contribution in [0.2, 0.25) is 0 Å². The van der Waals surface area contributed by atoms with Crippen molar-refractivity contribution in [1.82, 2.24) is 4.98 Å². The van der Waals surface area contributed by atoms with Crippen LogP contribution in [-0.4, -0.2) is 25.9 Å². The van der Waals surface area contributed by atoms with Gasteiger partial charge in [-0.15, -0.1) is 11.3 Å². The van der Waals surface area contributed by atoms with Gasteiger partial charge in [0.1, 0.15) is 11.4 Å². The van der Waals surface area contributed by atoms with Crippen molar-refractivity contribution in [3.63, 3.8) is 0 Å². The zero-order chi connectivity index (χ0) is 20.1. The molecule has 146 valence electrons. The van der Waals surface area contributed by atoms with Gasteiger partial charge in [0, 0.05) is 16.8 Å². The summed E-state index contributed by atoms with van der Waals surface area (Å²) in [6, 6.07) is 13.0. The Labute approximate surface area is 166 Å². The summed E-state index contributed by atoms with van der Waals surface area (Å²) in [6.07, 6.45) is 0. The third-order valence-electron chi connectivity index (χ3n) is 3.59. The summed E-state index contributed by atoms with van der Waals surface area (Å²) >= 11 is 1.29. The van der Waals surface area contributed by atoms with E-state index in [4.69, 9.17) is 9.88 Å². The van der Waals surface area contributed by atoms with Crippen molar-refractivity contribution in [2.24, 2.45) is 5.14 Å². The molecular weight excluding hydrogens is 400 g/mol. The van der Waals surface area contributed by atoms with E-state index in [0.717, 1.165) is 11.4 Å². The van der Waals surface area contributed by atoms with Crippen molar-refractivity contribution in [2.45, 2.75) is 11.8 Å². The standard InChI is InChI=1S/C18H18N4O4S2/c1-2-26-14-7-3-13(4-8-14)21-18-22-16(11-27-18)17(23)20-12-5-9-15(10-6-12)28(19,24)25/h3-11H,2H2,1H3,(H,20,23)(H,21,22)(H2,19,24,25). The number of nitrogens with two attached hydrogens (primary N) is 1. The van der Waals surface area contributed by atoms with Crippen molar-refractivity contribution in [3.8, 4) is 5.75 Å². The average molecular weight is 419 g/mol. The molecule has 3 rings (SSSR count). The number of benzene rings is 2. The first-order valence-electron chi connectivity index (χ1n) is 8.25. The van der Waals surface area contributed by atoms with Crippen LogP contribution in [0.3, 0.4) is 0 Å². The fraction of sp³-hybridized carbons (Fsp3) is 0.111. The van der Waals surface area contributed by atoms with Gasteiger partial charge in [-0.3, -0.25) is 4.79 Å². The molecule has 0 radical (unpaired) electrons. The van der Waals surface area contributed by atoms with Crippen LogP contribution in [0.5, 0.6) is 5.75 Å². The molecule has 0 aliphatic rings. The quantitative estimate of drug-likeness (QED) is 0.541. The Balaban J connectivity index is 1.63. The fourth-order valence-corrected chi connectivity index (χ4v) is 3.51. The molecule has 28 heavy (non-hydrogen) atoms. The number of anilines is 3. The molecule has 0 bridgehead atoms.